The van der Waals surface area contributed by atoms with Crippen molar-refractivity contribution in [3.05, 3.63) is 53.8 Å². The molecule has 7 heteroatoms. The normalized spacial score (nSPS) is 15.0. The van der Waals surface area contributed by atoms with Crippen LogP contribution in [0.5, 0.6) is 11.5 Å². The number of fused-ring (bicyclic) bond motifs is 1. The van der Waals surface area contributed by atoms with E-state index in [2.05, 4.69) is 4.72 Å². The largest absolute Gasteiger partial charge is 0.486 e. The van der Waals surface area contributed by atoms with Crippen molar-refractivity contribution in [2.75, 3.05) is 19.8 Å². The minimum Gasteiger partial charge on any atom is -0.486 e. The van der Waals surface area contributed by atoms with Crippen molar-refractivity contribution in [3.63, 3.8) is 0 Å². The van der Waals surface area contributed by atoms with Crippen LogP contribution >= 0.6 is 0 Å². The third-order valence-electron chi connectivity index (χ3n) is 4.13. The van der Waals surface area contributed by atoms with Gasteiger partial charge < -0.3 is 9.47 Å². The summed E-state index contributed by atoms with van der Waals surface area (Å²) in [5.41, 5.74) is 1.06. The predicted molar refractivity (Wildman–Crippen MR) is 92.1 cm³/mol. The molecule has 1 N–H and O–H groups in total. The zero-order valence-corrected chi connectivity index (χ0v) is 14.7. The van der Waals surface area contributed by atoms with Crippen LogP contribution in [-0.2, 0) is 10.0 Å². The molecule has 1 heterocycles. The first-order valence-corrected chi connectivity index (χ1v) is 9.59. The second-order valence-electron chi connectivity index (χ2n) is 5.94. The smallest absolute Gasteiger partial charge is 0.240 e. The first-order valence-electron chi connectivity index (χ1n) is 8.10. The van der Waals surface area contributed by atoms with E-state index in [-0.39, 0.29) is 17.4 Å². The Morgan fingerprint density at radius 3 is 2.48 bits per heavy atom. The topological polar surface area (TPSA) is 64.6 Å². The molecule has 0 amide bonds. The lowest BCUT2D eigenvalue weighted by molar-refractivity contribution is 0.171. The summed E-state index contributed by atoms with van der Waals surface area (Å²) in [4.78, 5) is 0.0564. The first kappa shape index (κ1) is 17.7. The molecule has 1 unspecified atom stereocenters. The van der Waals surface area contributed by atoms with Crippen LogP contribution in [0.4, 0.5) is 4.39 Å². The molecule has 1 atom stereocenters. The van der Waals surface area contributed by atoms with E-state index in [9.17, 15) is 12.8 Å². The fourth-order valence-electron chi connectivity index (χ4n) is 2.64. The van der Waals surface area contributed by atoms with Crippen molar-refractivity contribution in [1.29, 1.82) is 0 Å². The second-order valence-corrected chi connectivity index (χ2v) is 7.71. The highest BCUT2D eigenvalue weighted by Crippen LogP contribution is 2.33. The third kappa shape index (κ3) is 4.29. The van der Waals surface area contributed by atoms with Gasteiger partial charge >= 0.3 is 0 Å². The molecule has 25 heavy (non-hydrogen) atoms. The molecule has 3 rings (SSSR count). The maximum atomic E-state index is 12.9. The minimum atomic E-state index is -3.63. The van der Waals surface area contributed by atoms with Gasteiger partial charge in [0.15, 0.2) is 11.5 Å². The van der Waals surface area contributed by atoms with Gasteiger partial charge in [-0.3, -0.25) is 0 Å². The number of sulfonamides is 1. The number of ether oxygens (including phenoxy) is 2. The van der Waals surface area contributed by atoms with Gasteiger partial charge in [-0.15, -0.1) is 0 Å². The second kappa shape index (κ2) is 7.41. The SMILES string of the molecule is CC(CCNS(=O)(=O)c1ccc(F)cc1)c1ccc2c(c1)OCCO2. The van der Waals surface area contributed by atoms with Gasteiger partial charge in [0.2, 0.25) is 10.0 Å². The van der Waals surface area contributed by atoms with Crippen LogP contribution in [0.25, 0.3) is 0 Å². The van der Waals surface area contributed by atoms with Crippen molar-refractivity contribution in [2.24, 2.45) is 0 Å². The van der Waals surface area contributed by atoms with Gasteiger partial charge in [-0.25, -0.2) is 17.5 Å². The molecule has 2 aromatic carbocycles. The summed E-state index contributed by atoms with van der Waals surface area (Å²) in [5.74, 6) is 1.14. The number of nitrogens with one attached hydrogen (secondary N) is 1. The highest BCUT2D eigenvalue weighted by Gasteiger charge is 2.17. The molecule has 2 aromatic rings. The Balaban J connectivity index is 1.59. The van der Waals surface area contributed by atoms with Crippen LogP contribution in [0.3, 0.4) is 0 Å². The highest BCUT2D eigenvalue weighted by atomic mass is 32.2. The van der Waals surface area contributed by atoms with Gasteiger partial charge in [-0.05, 0) is 54.3 Å². The fraction of sp³-hybridized carbons (Fsp3) is 0.333. The molecular weight excluding hydrogens is 345 g/mol. The van der Waals surface area contributed by atoms with Crippen LogP contribution in [0.1, 0.15) is 24.8 Å². The summed E-state index contributed by atoms with van der Waals surface area (Å²) in [7, 11) is -3.63. The number of benzene rings is 2. The Bertz CT molecular complexity index is 837. The molecule has 0 aliphatic carbocycles. The summed E-state index contributed by atoms with van der Waals surface area (Å²) in [6, 6.07) is 10.5. The lowest BCUT2D eigenvalue weighted by Gasteiger charge is -2.20. The summed E-state index contributed by atoms with van der Waals surface area (Å²) < 4.78 is 50.9. The Morgan fingerprint density at radius 2 is 1.76 bits per heavy atom. The molecular formula is C18H20FNO4S. The van der Waals surface area contributed by atoms with E-state index in [1.807, 2.05) is 25.1 Å². The average molecular weight is 365 g/mol. The maximum absolute atomic E-state index is 12.9. The molecule has 0 aromatic heterocycles. The number of hydrogen-bond acceptors (Lipinski definition) is 4. The molecule has 0 saturated heterocycles. The lowest BCUT2D eigenvalue weighted by Crippen LogP contribution is -2.25. The van der Waals surface area contributed by atoms with Gasteiger partial charge in [0, 0.05) is 6.54 Å². The van der Waals surface area contributed by atoms with Crippen LogP contribution in [0.2, 0.25) is 0 Å². The van der Waals surface area contributed by atoms with E-state index >= 15 is 0 Å². The van der Waals surface area contributed by atoms with Crippen LogP contribution in [0.15, 0.2) is 47.4 Å². The van der Waals surface area contributed by atoms with Gasteiger partial charge in [0.05, 0.1) is 4.90 Å². The van der Waals surface area contributed by atoms with E-state index in [1.54, 1.807) is 0 Å². The zero-order valence-electron chi connectivity index (χ0n) is 13.9. The quantitative estimate of drug-likeness (QED) is 0.854. The number of rotatable bonds is 6. The van der Waals surface area contributed by atoms with E-state index in [0.717, 1.165) is 29.2 Å². The molecule has 0 bridgehead atoms. The molecule has 0 radical (unpaired) electrons. The van der Waals surface area contributed by atoms with Gasteiger partial charge in [-0.2, -0.15) is 0 Å². The van der Waals surface area contributed by atoms with Crippen molar-refractivity contribution < 1.29 is 22.3 Å². The highest BCUT2D eigenvalue weighted by molar-refractivity contribution is 7.89. The Morgan fingerprint density at radius 1 is 1.08 bits per heavy atom. The van der Waals surface area contributed by atoms with Gasteiger partial charge in [0.1, 0.15) is 19.0 Å². The van der Waals surface area contributed by atoms with E-state index in [4.69, 9.17) is 9.47 Å². The van der Waals surface area contributed by atoms with Gasteiger partial charge in [0.25, 0.3) is 0 Å². The number of hydrogen-bond donors (Lipinski definition) is 1. The standard InChI is InChI=1S/C18H20FNO4S/c1-13(14-2-7-17-18(12-14)24-11-10-23-17)8-9-20-25(21,22)16-5-3-15(19)4-6-16/h2-7,12-13,20H,8-11H2,1H3. The maximum Gasteiger partial charge on any atom is 0.240 e. The fourth-order valence-corrected chi connectivity index (χ4v) is 3.69. The molecule has 1 aliphatic rings. The van der Waals surface area contributed by atoms with Crippen molar-refractivity contribution in [2.45, 2.75) is 24.2 Å². The summed E-state index contributed by atoms with van der Waals surface area (Å²) >= 11 is 0. The van der Waals surface area contributed by atoms with Gasteiger partial charge in [-0.1, -0.05) is 13.0 Å². The monoisotopic (exact) mass is 365 g/mol. The molecule has 0 spiro atoms. The lowest BCUT2D eigenvalue weighted by atomic mass is 9.97. The predicted octanol–water partition coefficient (Wildman–Crippen LogP) is 3.07. The van der Waals surface area contributed by atoms with Crippen molar-refractivity contribution in [1.82, 2.24) is 4.72 Å². The third-order valence-corrected chi connectivity index (χ3v) is 5.61. The Hall–Kier alpha value is -2.12. The summed E-state index contributed by atoms with van der Waals surface area (Å²) in [5, 5.41) is 0. The van der Waals surface area contributed by atoms with Crippen LogP contribution < -0.4 is 14.2 Å². The molecule has 1 aliphatic heterocycles. The first-order chi connectivity index (χ1) is 12.0. The average Bonchev–Trinajstić information content (AvgIpc) is 2.61. The summed E-state index contributed by atoms with van der Waals surface area (Å²) in [6.07, 6.45) is 0.625. The Labute approximate surface area is 146 Å². The minimum absolute atomic E-state index is 0.0564. The molecule has 5 nitrogen and oxygen atoms in total. The van der Waals surface area contributed by atoms with Crippen molar-refractivity contribution in [3.8, 4) is 11.5 Å². The zero-order chi connectivity index (χ0) is 17.9. The van der Waals surface area contributed by atoms with E-state index in [1.165, 1.54) is 12.1 Å². The van der Waals surface area contributed by atoms with Crippen LogP contribution in [-0.4, -0.2) is 28.2 Å². The van der Waals surface area contributed by atoms with Crippen LogP contribution in [0, 0.1) is 5.82 Å². The van der Waals surface area contributed by atoms with E-state index < -0.39 is 15.8 Å². The molecule has 134 valence electrons. The van der Waals surface area contributed by atoms with E-state index in [0.29, 0.717) is 19.6 Å². The number of halogens is 1. The molecule has 0 saturated carbocycles. The summed E-state index contributed by atoms with van der Waals surface area (Å²) in [6.45, 7) is 3.39. The molecule has 0 fully saturated rings. The van der Waals surface area contributed by atoms with Crippen molar-refractivity contribution >= 4 is 10.0 Å². The Kier molecular flexibility index (Phi) is 5.24.